The van der Waals surface area contributed by atoms with Crippen molar-refractivity contribution in [1.29, 1.82) is 0 Å². The maximum absolute atomic E-state index is 6.00. The molecule has 1 N–H and O–H groups in total. The number of aromatic nitrogens is 1. The largest absolute Gasteiger partial charge is 0.312 e. The minimum atomic E-state index is 0.722. The Hall–Kier alpha value is -0.420. The third kappa shape index (κ3) is 3.12. The monoisotopic (exact) mass is 344 g/mol. The zero-order chi connectivity index (χ0) is 13.1. The van der Waals surface area contributed by atoms with Crippen LogP contribution in [-0.2, 0) is 6.54 Å². The van der Waals surface area contributed by atoms with Crippen LogP contribution in [0.25, 0.3) is 10.6 Å². The molecule has 0 aliphatic heterocycles. The average molecular weight is 346 g/mol. The first kappa shape index (κ1) is 14.0. The fraction of sp³-hybridized carbons (Fsp3) is 0.308. The highest BCUT2D eigenvalue weighted by molar-refractivity contribution is 9.10. The number of hydrogen-bond donors (Lipinski definition) is 1. The summed E-state index contributed by atoms with van der Waals surface area (Å²) in [6, 6.07) is 5.90. The van der Waals surface area contributed by atoms with Crippen LogP contribution < -0.4 is 5.32 Å². The van der Waals surface area contributed by atoms with Crippen molar-refractivity contribution in [1.82, 2.24) is 10.3 Å². The van der Waals surface area contributed by atoms with Crippen LogP contribution in [0.15, 0.2) is 22.7 Å². The molecule has 2 rings (SSSR count). The molecule has 0 saturated heterocycles. The molecule has 0 unspecified atom stereocenters. The number of rotatable bonds is 4. The van der Waals surface area contributed by atoms with E-state index in [-0.39, 0.29) is 0 Å². The van der Waals surface area contributed by atoms with Gasteiger partial charge in [0.15, 0.2) is 0 Å². The van der Waals surface area contributed by atoms with Crippen LogP contribution in [0.5, 0.6) is 0 Å². The number of hydrogen-bond acceptors (Lipinski definition) is 3. The van der Waals surface area contributed by atoms with E-state index >= 15 is 0 Å². The lowest BCUT2D eigenvalue weighted by atomic mass is 10.2. The van der Waals surface area contributed by atoms with Gasteiger partial charge in [-0.2, -0.15) is 0 Å². The maximum atomic E-state index is 6.00. The molecule has 0 aliphatic carbocycles. The van der Waals surface area contributed by atoms with Crippen molar-refractivity contribution in [3.05, 3.63) is 38.3 Å². The van der Waals surface area contributed by atoms with Gasteiger partial charge in [0, 0.05) is 21.5 Å². The number of benzene rings is 1. The van der Waals surface area contributed by atoms with Gasteiger partial charge < -0.3 is 5.32 Å². The third-order valence-corrected chi connectivity index (χ3v) is 5.02. The molecule has 0 saturated carbocycles. The van der Waals surface area contributed by atoms with Gasteiger partial charge in [0.1, 0.15) is 5.01 Å². The maximum Gasteiger partial charge on any atom is 0.123 e. The Labute approximate surface area is 125 Å². The fourth-order valence-corrected chi connectivity index (χ4v) is 3.11. The molecular formula is C13H14BrClN2S. The number of aryl methyl sites for hydroxylation is 1. The average Bonchev–Trinajstić information content (AvgIpc) is 2.72. The van der Waals surface area contributed by atoms with Crippen LogP contribution in [0, 0.1) is 6.92 Å². The Morgan fingerprint density at radius 3 is 2.89 bits per heavy atom. The van der Waals surface area contributed by atoms with E-state index in [0.717, 1.165) is 38.8 Å². The summed E-state index contributed by atoms with van der Waals surface area (Å²) in [5.74, 6) is 0. The van der Waals surface area contributed by atoms with Crippen LogP contribution in [0.4, 0.5) is 0 Å². The van der Waals surface area contributed by atoms with E-state index in [1.54, 1.807) is 11.3 Å². The van der Waals surface area contributed by atoms with E-state index in [0.29, 0.717) is 0 Å². The third-order valence-electron chi connectivity index (χ3n) is 2.59. The zero-order valence-corrected chi connectivity index (χ0v) is 13.4. The van der Waals surface area contributed by atoms with Crippen LogP contribution in [0.3, 0.4) is 0 Å². The summed E-state index contributed by atoms with van der Waals surface area (Å²) in [5.41, 5.74) is 2.20. The van der Waals surface area contributed by atoms with Gasteiger partial charge in [-0.3, -0.25) is 0 Å². The lowest BCUT2D eigenvalue weighted by Crippen LogP contribution is -2.11. The minimum Gasteiger partial charge on any atom is -0.312 e. The van der Waals surface area contributed by atoms with Crippen LogP contribution >= 0.6 is 38.9 Å². The van der Waals surface area contributed by atoms with Crippen LogP contribution in [0.1, 0.15) is 17.5 Å². The van der Waals surface area contributed by atoms with E-state index in [9.17, 15) is 0 Å². The van der Waals surface area contributed by atoms with Gasteiger partial charge in [0.05, 0.1) is 10.7 Å². The molecule has 5 heteroatoms. The molecule has 0 bridgehead atoms. The van der Waals surface area contributed by atoms with Crippen LogP contribution in [0.2, 0.25) is 5.02 Å². The van der Waals surface area contributed by atoms with Gasteiger partial charge >= 0.3 is 0 Å². The van der Waals surface area contributed by atoms with Crippen molar-refractivity contribution in [2.75, 3.05) is 6.54 Å². The van der Waals surface area contributed by atoms with Crippen molar-refractivity contribution >= 4 is 38.9 Å². The van der Waals surface area contributed by atoms with E-state index in [4.69, 9.17) is 11.6 Å². The minimum absolute atomic E-state index is 0.722. The van der Waals surface area contributed by atoms with Crippen molar-refractivity contribution in [2.45, 2.75) is 20.4 Å². The van der Waals surface area contributed by atoms with Crippen molar-refractivity contribution in [3.8, 4) is 10.6 Å². The molecular weight excluding hydrogens is 332 g/mol. The number of nitrogens with one attached hydrogen (secondary N) is 1. The summed E-state index contributed by atoms with van der Waals surface area (Å²) in [4.78, 5) is 5.91. The topological polar surface area (TPSA) is 24.9 Å². The molecule has 0 atom stereocenters. The molecule has 1 heterocycles. The molecule has 2 nitrogen and oxygen atoms in total. The highest BCUT2D eigenvalue weighted by Gasteiger charge is 2.10. The lowest BCUT2D eigenvalue weighted by Gasteiger charge is -1.99. The SMILES string of the molecule is CCNCc1sc(-c2ccc(Cl)c(Br)c2)nc1C. The molecule has 2 aromatic rings. The molecule has 0 fully saturated rings. The normalized spacial score (nSPS) is 10.9. The molecule has 0 aliphatic rings. The first-order valence-corrected chi connectivity index (χ1v) is 7.73. The zero-order valence-electron chi connectivity index (χ0n) is 10.3. The quantitative estimate of drug-likeness (QED) is 0.873. The molecule has 1 aromatic carbocycles. The number of nitrogens with zero attached hydrogens (tertiary/aromatic N) is 1. The van der Waals surface area contributed by atoms with E-state index in [1.807, 2.05) is 18.2 Å². The van der Waals surface area contributed by atoms with Gasteiger partial charge in [-0.25, -0.2) is 4.98 Å². The Balaban J connectivity index is 2.30. The van der Waals surface area contributed by atoms with Crippen molar-refractivity contribution in [3.63, 3.8) is 0 Å². The second-order valence-electron chi connectivity index (χ2n) is 3.94. The highest BCUT2D eigenvalue weighted by Crippen LogP contribution is 2.32. The molecule has 96 valence electrons. The Morgan fingerprint density at radius 2 is 2.22 bits per heavy atom. The molecule has 18 heavy (non-hydrogen) atoms. The summed E-state index contributed by atoms with van der Waals surface area (Å²) >= 11 is 11.2. The molecule has 1 aromatic heterocycles. The Kier molecular flexibility index (Phi) is 4.78. The second-order valence-corrected chi connectivity index (χ2v) is 6.28. The second kappa shape index (κ2) is 6.15. The molecule has 0 spiro atoms. The predicted molar refractivity (Wildman–Crippen MR) is 82.4 cm³/mol. The van der Waals surface area contributed by atoms with Gasteiger partial charge in [-0.15, -0.1) is 11.3 Å². The summed E-state index contributed by atoms with van der Waals surface area (Å²) in [6.07, 6.45) is 0. The Bertz CT molecular complexity index is 554. The first-order chi connectivity index (χ1) is 8.61. The Morgan fingerprint density at radius 1 is 1.44 bits per heavy atom. The summed E-state index contributed by atoms with van der Waals surface area (Å²) in [6.45, 7) is 6.01. The van der Waals surface area contributed by atoms with Gasteiger partial charge in [0.2, 0.25) is 0 Å². The van der Waals surface area contributed by atoms with Gasteiger partial charge in [0.25, 0.3) is 0 Å². The summed E-state index contributed by atoms with van der Waals surface area (Å²) in [5, 5.41) is 5.09. The lowest BCUT2D eigenvalue weighted by molar-refractivity contribution is 0.731. The van der Waals surface area contributed by atoms with E-state index < -0.39 is 0 Å². The summed E-state index contributed by atoms with van der Waals surface area (Å²) in [7, 11) is 0. The van der Waals surface area contributed by atoms with Gasteiger partial charge in [-0.1, -0.05) is 24.6 Å². The smallest absolute Gasteiger partial charge is 0.123 e. The number of halogens is 2. The highest BCUT2D eigenvalue weighted by atomic mass is 79.9. The van der Waals surface area contributed by atoms with Crippen LogP contribution in [-0.4, -0.2) is 11.5 Å². The van der Waals surface area contributed by atoms with E-state index in [1.165, 1.54) is 4.88 Å². The van der Waals surface area contributed by atoms with Crippen molar-refractivity contribution in [2.24, 2.45) is 0 Å². The standard InChI is InChI=1S/C13H14BrClN2S/c1-3-16-7-12-8(2)17-13(18-12)9-4-5-11(15)10(14)6-9/h4-6,16H,3,7H2,1-2H3. The molecule has 0 radical (unpaired) electrons. The van der Waals surface area contributed by atoms with Crippen molar-refractivity contribution < 1.29 is 0 Å². The number of thiazole rings is 1. The van der Waals surface area contributed by atoms with Gasteiger partial charge in [-0.05, 0) is 41.5 Å². The fourth-order valence-electron chi connectivity index (χ4n) is 1.58. The molecule has 0 amide bonds. The predicted octanol–water partition coefficient (Wildman–Crippen LogP) is 4.64. The summed E-state index contributed by atoms with van der Waals surface area (Å²) < 4.78 is 0.905. The van der Waals surface area contributed by atoms with E-state index in [2.05, 4.69) is 40.1 Å². The first-order valence-electron chi connectivity index (χ1n) is 5.74.